The van der Waals surface area contributed by atoms with Crippen molar-refractivity contribution in [3.8, 4) is 0 Å². The fraction of sp³-hybridized carbons (Fsp3) is 0.722. The molecule has 0 N–H and O–H groups in total. The van der Waals surface area contributed by atoms with Crippen molar-refractivity contribution in [2.45, 2.75) is 37.6 Å². The fourth-order valence-electron chi connectivity index (χ4n) is 4.22. The molecule has 0 radical (unpaired) electrons. The van der Waals surface area contributed by atoms with Gasteiger partial charge in [-0.25, -0.2) is 0 Å². The van der Waals surface area contributed by atoms with Gasteiger partial charge in [-0.05, 0) is 32.1 Å². The zero-order chi connectivity index (χ0) is 18.3. The highest BCUT2D eigenvalue weighted by Gasteiger charge is 2.46. The minimum atomic E-state index is -0.177. The van der Waals surface area contributed by atoms with Crippen LogP contribution in [0.1, 0.15) is 42.6 Å². The molecule has 3 fully saturated rings. The average Bonchev–Trinajstić information content (AvgIpc) is 3.44. The Balaban J connectivity index is 1.57. The Hall–Kier alpha value is -1.60. The van der Waals surface area contributed by atoms with Crippen molar-refractivity contribution in [2.75, 3.05) is 32.8 Å². The molecule has 8 heteroatoms. The zero-order valence-electron chi connectivity index (χ0n) is 15.1. The zero-order valence-corrected chi connectivity index (χ0v) is 15.9. The summed E-state index contributed by atoms with van der Waals surface area (Å²) in [5.41, 5.74) is 0.234. The summed E-state index contributed by atoms with van der Waals surface area (Å²) in [5.74, 6) is 0.334. The van der Waals surface area contributed by atoms with Crippen molar-refractivity contribution in [2.24, 2.45) is 13.0 Å². The van der Waals surface area contributed by atoms with Crippen molar-refractivity contribution >= 4 is 23.4 Å². The molecule has 0 bridgehead atoms. The fourth-order valence-corrected chi connectivity index (χ4v) is 4.46. The molecule has 2 amide bonds. The first kappa shape index (κ1) is 17.8. The highest BCUT2D eigenvalue weighted by Crippen LogP contribution is 2.39. The Kier molecular flexibility index (Phi) is 4.69. The number of halogens is 1. The van der Waals surface area contributed by atoms with Gasteiger partial charge in [0.15, 0.2) is 0 Å². The molecule has 3 aliphatic rings. The normalized spacial score (nSPS) is 23.2. The van der Waals surface area contributed by atoms with E-state index in [2.05, 4.69) is 10.00 Å². The molecule has 1 aromatic rings. The molecule has 0 aromatic carbocycles. The quantitative estimate of drug-likeness (QED) is 0.783. The summed E-state index contributed by atoms with van der Waals surface area (Å²) in [6.45, 7) is 3.08. The Morgan fingerprint density at radius 2 is 1.92 bits per heavy atom. The predicted molar refractivity (Wildman–Crippen MR) is 96.0 cm³/mol. The molecule has 142 valence electrons. The third-order valence-electron chi connectivity index (χ3n) is 6.01. The molecule has 1 spiro atoms. The first-order valence-corrected chi connectivity index (χ1v) is 9.76. The molecular weight excluding hydrogens is 356 g/mol. The predicted octanol–water partition coefficient (Wildman–Crippen LogP) is 1.71. The van der Waals surface area contributed by atoms with Crippen molar-refractivity contribution in [3.63, 3.8) is 0 Å². The van der Waals surface area contributed by atoms with E-state index in [0.717, 1.165) is 32.1 Å². The average molecular weight is 381 g/mol. The van der Waals surface area contributed by atoms with E-state index in [1.54, 1.807) is 7.05 Å². The first-order chi connectivity index (χ1) is 12.5. The lowest BCUT2D eigenvalue weighted by Gasteiger charge is -2.45. The SMILES string of the molecule is Cn1ncc(Cl)c1C(=O)N1CCN(C(=O)C2CC2)C2(CCOCC2)CC1. The number of carbonyl (C=O) groups is 2. The van der Waals surface area contributed by atoms with E-state index in [1.165, 1.54) is 10.9 Å². The largest absolute Gasteiger partial charge is 0.381 e. The van der Waals surface area contributed by atoms with Crippen LogP contribution in [0.5, 0.6) is 0 Å². The van der Waals surface area contributed by atoms with Gasteiger partial charge in [-0.15, -0.1) is 0 Å². The maximum absolute atomic E-state index is 13.0. The molecule has 26 heavy (non-hydrogen) atoms. The number of amides is 2. The van der Waals surface area contributed by atoms with E-state index in [0.29, 0.717) is 43.6 Å². The molecular formula is C18H25ClN4O3. The molecule has 0 unspecified atom stereocenters. The molecule has 1 saturated carbocycles. The molecule has 0 atom stereocenters. The Morgan fingerprint density at radius 3 is 2.54 bits per heavy atom. The summed E-state index contributed by atoms with van der Waals surface area (Å²) in [7, 11) is 1.72. The summed E-state index contributed by atoms with van der Waals surface area (Å²) in [5, 5.41) is 4.44. The van der Waals surface area contributed by atoms with E-state index in [9.17, 15) is 9.59 Å². The van der Waals surface area contributed by atoms with Crippen molar-refractivity contribution < 1.29 is 14.3 Å². The number of hydrogen-bond donors (Lipinski definition) is 0. The smallest absolute Gasteiger partial charge is 0.273 e. The van der Waals surface area contributed by atoms with Crippen molar-refractivity contribution in [1.29, 1.82) is 0 Å². The standard InChI is InChI=1S/C18H25ClN4O3/c1-21-15(14(19)12-20-21)17(25)22-7-4-18(5-10-26-11-6-18)23(9-8-22)16(24)13-2-3-13/h12-13H,2-11H2,1H3. The summed E-state index contributed by atoms with van der Waals surface area (Å²) in [6.07, 6.45) is 5.97. The van der Waals surface area contributed by atoms with E-state index in [4.69, 9.17) is 16.3 Å². The van der Waals surface area contributed by atoms with Gasteiger partial charge >= 0.3 is 0 Å². The van der Waals surface area contributed by atoms with Crippen molar-refractivity contribution in [1.82, 2.24) is 19.6 Å². The number of ether oxygens (including phenoxy) is 1. The number of rotatable bonds is 2. The van der Waals surface area contributed by atoms with Crippen LogP contribution in [0.15, 0.2) is 6.20 Å². The van der Waals surface area contributed by atoms with Crippen LogP contribution in [-0.4, -0.2) is 69.8 Å². The second-order valence-corrected chi connectivity index (χ2v) is 8.01. The molecule has 2 saturated heterocycles. The third-order valence-corrected chi connectivity index (χ3v) is 6.29. The van der Waals surface area contributed by atoms with Crippen LogP contribution in [0.3, 0.4) is 0 Å². The molecule has 4 rings (SSSR count). The van der Waals surface area contributed by atoms with Crippen LogP contribution in [0, 0.1) is 5.92 Å². The van der Waals surface area contributed by atoms with Crippen LogP contribution < -0.4 is 0 Å². The second-order valence-electron chi connectivity index (χ2n) is 7.61. The highest BCUT2D eigenvalue weighted by atomic mass is 35.5. The van der Waals surface area contributed by atoms with Gasteiger partial charge in [-0.3, -0.25) is 14.3 Å². The van der Waals surface area contributed by atoms with Crippen LogP contribution >= 0.6 is 11.6 Å². The lowest BCUT2D eigenvalue weighted by molar-refractivity contribution is -0.143. The van der Waals surface area contributed by atoms with Gasteiger partial charge < -0.3 is 14.5 Å². The molecule has 3 heterocycles. The minimum Gasteiger partial charge on any atom is -0.381 e. The number of hydrogen-bond acceptors (Lipinski definition) is 4. The Labute approximate surface area is 158 Å². The van der Waals surface area contributed by atoms with Crippen LogP contribution in [0.2, 0.25) is 5.02 Å². The molecule has 7 nitrogen and oxygen atoms in total. The van der Waals surface area contributed by atoms with Crippen molar-refractivity contribution in [3.05, 3.63) is 16.9 Å². The number of aromatic nitrogens is 2. The molecule has 1 aliphatic carbocycles. The van der Waals surface area contributed by atoms with Gasteiger partial charge in [-0.1, -0.05) is 11.6 Å². The number of nitrogens with zero attached hydrogens (tertiary/aromatic N) is 4. The van der Waals surface area contributed by atoms with Gasteiger partial charge in [-0.2, -0.15) is 5.10 Å². The van der Waals surface area contributed by atoms with Crippen LogP contribution in [0.4, 0.5) is 0 Å². The number of carbonyl (C=O) groups excluding carboxylic acids is 2. The van der Waals surface area contributed by atoms with Gasteiger partial charge in [0.2, 0.25) is 5.91 Å². The topological polar surface area (TPSA) is 67.7 Å². The monoisotopic (exact) mass is 380 g/mol. The third kappa shape index (κ3) is 3.11. The Bertz CT molecular complexity index is 690. The van der Waals surface area contributed by atoms with E-state index in [1.807, 2.05) is 4.90 Å². The van der Waals surface area contributed by atoms with E-state index in [-0.39, 0.29) is 23.3 Å². The molecule has 2 aliphatic heterocycles. The first-order valence-electron chi connectivity index (χ1n) is 9.38. The summed E-state index contributed by atoms with van der Waals surface area (Å²) >= 11 is 6.16. The number of aryl methyl sites for hydroxylation is 1. The lowest BCUT2D eigenvalue weighted by atomic mass is 9.84. The minimum absolute atomic E-state index is 0.113. The van der Waals surface area contributed by atoms with Crippen LogP contribution in [-0.2, 0) is 16.6 Å². The molecule has 1 aromatic heterocycles. The van der Waals surface area contributed by atoms with Gasteiger partial charge in [0.25, 0.3) is 5.91 Å². The van der Waals surface area contributed by atoms with E-state index >= 15 is 0 Å². The summed E-state index contributed by atoms with van der Waals surface area (Å²) in [4.78, 5) is 29.8. The van der Waals surface area contributed by atoms with Gasteiger partial charge in [0.1, 0.15) is 5.69 Å². The van der Waals surface area contributed by atoms with Crippen LogP contribution in [0.25, 0.3) is 0 Å². The van der Waals surface area contributed by atoms with Gasteiger partial charge in [0.05, 0.1) is 11.2 Å². The maximum Gasteiger partial charge on any atom is 0.273 e. The Morgan fingerprint density at radius 1 is 1.19 bits per heavy atom. The maximum atomic E-state index is 13.0. The second kappa shape index (κ2) is 6.85. The van der Waals surface area contributed by atoms with E-state index < -0.39 is 0 Å². The van der Waals surface area contributed by atoms with Gasteiger partial charge in [0, 0.05) is 51.4 Å². The summed E-state index contributed by atoms with van der Waals surface area (Å²) in [6, 6.07) is 0. The highest BCUT2D eigenvalue weighted by molar-refractivity contribution is 6.33. The lowest BCUT2D eigenvalue weighted by Crippen LogP contribution is -2.55. The summed E-state index contributed by atoms with van der Waals surface area (Å²) < 4.78 is 7.08.